The molecular formula is C17H21N5O11. The number of aliphatic hydroxyl groups excluding tert-OH is 2. The van der Waals surface area contributed by atoms with E-state index in [1.54, 1.807) is 0 Å². The molecule has 2 fully saturated rings. The Labute approximate surface area is 185 Å². The van der Waals surface area contributed by atoms with Gasteiger partial charge in [0.25, 0.3) is 17.3 Å². The largest absolute Gasteiger partial charge is 0.453 e. The number of likely N-dealkylation sites (N-methyl/N-ethyl adjacent to an activating group) is 1. The van der Waals surface area contributed by atoms with Gasteiger partial charge in [0.1, 0.15) is 24.2 Å². The second kappa shape index (κ2) is 9.18. The van der Waals surface area contributed by atoms with Crippen molar-refractivity contribution in [3.8, 4) is 0 Å². The van der Waals surface area contributed by atoms with Crippen LogP contribution in [0.3, 0.4) is 0 Å². The van der Waals surface area contributed by atoms with Crippen LogP contribution in [0, 0.1) is 37.5 Å². The summed E-state index contributed by atoms with van der Waals surface area (Å²) in [6.07, 6.45) is -4.19. The first-order valence-electron chi connectivity index (χ1n) is 9.53. The van der Waals surface area contributed by atoms with Gasteiger partial charge in [0.05, 0.1) is 16.5 Å². The van der Waals surface area contributed by atoms with Crippen LogP contribution in [0.1, 0.15) is 0 Å². The molecule has 1 amide bonds. The minimum Gasteiger partial charge on any atom is -0.453 e. The maximum Gasteiger partial charge on any atom is 0.317 e. The molecule has 180 valence electrons. The molecule has 0 spiro atoms. The first-order valence-corrected chi connectivity index (χ1v) is 9.53. The summed E-state index contributed by atoms with van der Waals surface area (Å²) in [5.74, 6) is -5.78. The lowest BCUT2D eigenvalue weighted by Crippen LogP contribution is -2.55. The summed E-state index contributed by atoms with van der Waals surface area (Å²) >= 11 is 0. The van der Waals surface area contributed by atoms with Crippen LogP contribution in [0.15, 0.2) is 23.5 Å². The van der Waals surface area contributed by atoms with Crippen molar-refractivity contribution < 1.29 is 43.9 Å². The minimum atomic E-state index is -1.69. The molecule has 0 aromatic heterocycles. The molecule has 5 atom stereocenters. The molecule has 0 bridgehead atoms. The molecule has 16 nitrogen and oxygen atoms in total. The summed E-state index contributed by atoms with van der Waals surface area (Å²) in [5, 5.41) is 53.2. The fraction of sp³-hybridized carbons (Fsp3) is 0.588. The maximum absolute atomic E-state index is 12.7. The zero-order valence-electron chi connectivity index (χ0n) is 17.3. The van der Waals surface area contributed by atoms with Crippen LogP contribution < -0.4 is 5.32 Å². The van der Waals surface area contributed by atoms with Gasteiger partial charge in [-0.15, -0.1) is 0 Å². The number of carbonyl (C=O) groups is 2. The lowest BCUT2D eigenvalue weighted by Gasteiger charge is -2.37. The number of hydrogen-bond acceptors (Lipinski definition) is 12. The summed E-state index contributed by atoms with van der Waals surface area (Å²) < 4.78 is 15.2. The molecule has 2 saturated heterocycles. The summed E-state index contributed by atoms with van der Waals surface area (Å²) in [4.78, 5) is 47.6. The van der Waals surface area contributed by atoms with E-state index in [-0.39, 0.29) is 6.61 Å². The number of rotatable bonds is 6. The highest BCUT2D eigenvalue weighted by Crippen LogP contribution is 2.36. The number of esters is 1. The molecule has 3 aliphatic rings. The van der Waals surface area contributed by atoms with E-state index >= 15 is 0 Å². The Hall–Kier alpha value is -3.47. The quantitative estimate of drug-likeness (QED) is 0.180. The smallest absolute Gasteiger partial charge is 0.317 e. The average Bonchev–Trinajstić information content (AvgIpc) is 3.01. The third-order valence-corrected chi connectivity index (χ3v) is 5.54. The summed E-state index contributed by atoms with van der Waals surface area (Å²) in [6.45, 7) is -0.304. The van der Waals surface area contributed by atoms with E-state index in [1.807, 2.05) is 0 Å². The average molecular weight is 471 g/mol. The van der Waals surface area contributed by atoms with E-state index in [0.29, 0.717) is 0 Å². The van der Waals surface area contributed by atoms with Crippen molar-refractivity contribution in [1.82, 2.24) is 10.2 Å². The van der Waals surface area contributed by atoms with Crippen LogP contribution in [0.5, 0.6) is 0 Å². The molecule has 4 N–H and O–H groups in total. The molecule has 0 saturated carbocycles. The van der Waals surface area contributed by atoms with E-state index in [4.69, 9.17) is 19.6 Å². The van der Waals surface area contributed by atoms with E-state index < -0.39 is 81.6 Å². The minimum absolute atomic E-state index is 0.304. The van der Waals surface area contributed by atoms with Gasteiger partial charge in [-0.2, -0.15) is 0 Å². The van der Waals surface area contributed by atoms with Crippen molar-refractivity contribution >= 4 is 17.8 Å². The molecule has 2 aliphatic heterocycles. The first-order chi connectivity index (χ1) is 15.5. The Morgan fingerprint density at radius 2 is 1.85 bits per heavy atom. The molecule has 3 rings (SSSR count). The topological polar surface area (TPSA) is 228 Å². The standard InChI is InChI=1S/C17H21N5O11/c1-20-11(14(25)19-17(20)18)10-7(21(27)28)3-6(4-8(10)22(29)30)15(26)33-13-12(24)9(23)5-32-16(13)31-2/h3-4,6,9-13,16,23-24H,5H2,1-2H3,(H2,18,19,25)/t6?,9-,10?,11?,12+,13-,16-/m1/s1. The molecule has 0 aromatic rings. The van der Waals surface area contributed by atoms with Gasteiger partial charge in [0.15, 0.2) is 24.3 Å². The monoisotopic (exact) mass is 471 g/mol. The number of hydrogen-bond donors (Lipinski definition) is 4. The number of nitrogens with zero attached hydrogens (tertiary/aromatic N) is 3. The Morgan fingerprint density at radius 1 is 1.27 bits per heavy atom. The van der Waals surface area contributed by atoms with Gasteiger partial charge < -0.3 is 29.3 Å². The van der Waals surface area contributed by atoms with Gasteiger partial charge in [0.2, 0.25) is 0 Å². The van der Waals surface area contributed by atoms with Gasteiger partial charge in [-0.25, -0.2) is 0 Å². The first kappa shape index (κ1) is 24.2. The number of guanidine groups is 1. The lowest BCUT2D eigenvalue weighted by atomic mass is 9.84. The Bertz CT molecular complexity index is 916. The third-order valence-electron chi connectivity index (χ3n) is 5.54. The van der Waals surface area contributed by atoms with Crippen molar-refractivity contribution in [2.24, 2.45) is 11.8 Å². The number of nitro groups is 2. The van der Waals surface area contributed by atoms with Crippen molar-refractivity contribution in [1.29, 1.82) is 5.41 Å². The predicted molar refractivity (Wildman–Crippen MR) is 103 cm³/mol. The van der Waals surface area contributed by atoms with E-state index in [1.165, 1.54) is 14.2 Å². The number of ether oxygens (including phenoxy) is 3. The van der Waals surface area contributed by atoms with E-state index in [2.05, 4.69) is 5.32 Å². The molecule has 1 unspecified atom stereocenters. The fourth-order valence-electron chi connectivity index (χ4n) is 3.86. The zero-order chi connectivity index (χ0) is 24.6. The second-order valence-corrected chi connectivity index (χ2v) is 7.49. The lowest BCUT2D eigenvalue weighted by molar-refractivity contribution is -0.462. The zero-order valence-corrected chi connectivity index (χ0v) is 17.3. The molecule has 0 radical (unpaired) electrons. The van der Waals surface area contributed by atoms with Gasteiger partial charge in [-0.1, -0.05) is 0 Å². The number of amides is 1. The van der Waals surface area contributed by atoms with Gasteiger partial charge >= 0.3 is 5.97 Å². The number of aliphatic hydroxyl groups is 2. The van der Waals surface area contributed by atoms with Gasteiger partial charge in [-0.05, 0) is 0 Å². The SMILES string of the molecule is CO[C@@H]1OC[C@@H](O)[C@H](O)[C@H]1OC(=O)C1C=C([N+](=O)[O-])C(C2C(=O)NC(=N)N2C)C([N+](=O)[O-])=C1. The van der Waals surface area contributed by atoms with Crippen LogP contribution in [-0.4, -0.2) is 94.2 Å². The molecule has 33 heavy (non-hydrogen) atoms. The highest BCUT2D eigenvalue weighted by atomic mass is 16.7. The number of methoxy groups -OCH3 is 1. The molecule has 1 aliphatic carbocycles. The highest BCUT2D eigenvalue weighted by Gasteiger charge is 2.54. The summed E-state index contributed by atoms with van der Waals surface area (Å²) in [5.41, 5.74) is -1.62. The van der Waals surface area contributed by atoms with Crippen LogP contribution in [0.25, 0.3) is 0 Å². The molecule has 2 heterocycles. The van der Waals surface area contributed by atoms with E-state index in [9.17, 15) is 40.0 Å². The van der Waals surface area contributed by atoms with Crippen molar-refractivity contribution in [2.75, 3.05) is 20.8 Å². The Balaban J connectivity index is 1.95. The van der Waals surface area contributed by atoms with Crippen molar-refractivity contribution in [3.63, 3.8) is 0 Å². The fourth-order valence-corrected chi connectivity index (χ4v) is 3.86. The normalized spacial score (nSPS) is 34.3. The Kier molecular flexibility index (Phi) is 6.73. The van der Waals surface area contributed by atoms with Gasteiger partial charge in [-0.3, -0.25) is 40.5 Å². The number of carbonyl (C=O) groups excluding carboxylic acids is 2. The summed E-state index contributed by atoms with van der Waals surface area (Å²) in [7, 11) is 2.46. The van der Waals surface area contributed by atoms with Crippen molar-refractivity contribution in [3.05, 3.63) is 43.8 Å². The van der Waals surface area contributed by atoms with Crippen LogP contribution in [0.2, 0.25) is 0 Å². The van der Waals surface area contributed by atoms with Crippen LogP contribution >= 0.6 is 0 Å². The van der Waals surface area contributed by atoms with Gasteiger partial charge in [0, 0.05) is 26.3 Å². The summed E-state index contributed by atoms with van der Waals surface area (Å²) in [6, 6.07) is -1.47. The Morgan fingerprint density at radius 3 is 2.30 bits per heavy atom. The highest BCUT2D eigenvalue weighted by molar-refractivity contribution is 6.05. The second-order valence-electron chi connectivity index (χ2n) is 7.49. The van der Waals surface area contributed by atoms with E-state index in [0.717, 1.165) is 17.1 Å². The van der Waals surface area contributed by atoms with Crippen LogP contribution in [0.4, 0.5) is 0 Å². The maximum atomic E-state index is 12.7. The van der Waals surface area contributed by atoms with Crippen molar-refractivity contribution in [2.45, 2.75) is 30.6 Å². The molecule has 16 heteroatoms. The predicted octanol–water partition coefficient (Wildman–Crippen LogP) is -2.45. The molecule has 0 aromatic carbocycles. The third kappa shape index (κ3) is 4.40. The number of nitrogens with one attached hydrogen (secondary N) is 2. The molecular weight excluding hydrogens is 450 g/mol. The van der Waals surface area contributed by atoms with Crippen LogP contribution in [-0.2, 0) is 23.8 Å².